The number of para-hydroxylation sites is 1. The van der Waals surface area contributed by atoms with Crippen molar-refractivity contribution in [1.82, 2.24) is 0 Å². The van der Waals surface area contributed by atoms with Gasteiger partial charge >= 0.3 is 0 Å². The summed E-state index contributed by atoms with van der Waals surface area (Å²) in [5.41, 5.74) is 0.764. The molecule has 2 rings (SSSR count). The van der Waals surface area contributed by atoms with Gasteiger partial charge in [0.25, 0.3) is 0 Å². The van der Waals surface area contributed by atoms with Crippen LogP contribution in [0, 0.1) is 0 Å². The van der Waals surface area contributed by atoms with E-state index in [1.165, 1.54) is 0 Å². The molecule has 1 atom stereocenters. The molecule has 1 unspecified atom stereocenters. The molecule has 0 amide bonds. The number of ether oxygens (including phenoxy) is 1. The highest BCUT2D eigenvalue weighted by atomic mass is 16.5. The van der Waals surface area contributed by atoms with Crippen LogP contribution in [-0.4, -0.2) is 17.8 Å². The molecular formula is C13H16O3. The number of rotatable bonds is 4. The van der Waals surface area contributed by atoms with E-state index in [1.807, 2.05) is 31.2 Å². The normalized spacial score (nSPS) is 12.9. The predicted octanol–water partition coefficient (Wildman–Crippen LogP) is 2.75. The average Bonchev–Trinajstić information content (AvgIpc) is 2.60. The Morgan fingerprint density at radius 3 is 2.94 bits per heavy atom. The molecule has 0 saturated heterocycles. The second-order valence-corrected chi connectivity index (χ2v) is 3.87. The Hall–Kier alpha value is -1.48. The van der Waals surface area contributed by atoms with Crippen LogP contribution in [0.4, 0.5) is 0 Å². The van der Waals surface area contributed by atoms with E-state index in [-0.39, 0.29) is 0 Å². The molecule has 0 fully saturated rings. The van der Waals surface area contributed by atoms with Crippen molar-refractivity contribution >= 4 is 11.0 Å². The van der Waals surface area contributed by atoms with Crippen molar-refractivity contribution in [2.75, 3.05) is 6.61 Å². The molecule has 3 nitrogen and oxygen atoms in total. The molecule has 86 valence electrons. The Kier molecular flexibility index (Phi) is 3.15. The monoisotopic (exact) mass is 220 g/mol. The Morgan fingerprint density at radius 2 is 2.25 bits per heavy atom. The van der Waals surface area contributed by atoms with Crippen molar-refractivity contribution in [2.24, 2.45) is 0 Å². The lowest BCUT2D eigenvalue weighted by atomic mass is 10.2. The van der Waals surface area contributed by atoms with Crippen LogP contribution in [0.1, 0.15) is 19.6 Å². The summed E-state index contributed by atoms with van der Waals surface area (Å²) in [5.74, 6) is 1.55. The number of fused-ring (bicyclic) bond motifs is 1. The van der Waals surface area contributed by atoms with Gasteiger partial charge in [0.1, 0.15) is 5.76 Å². The van der Waals surface area contributed by atoms with E-state index in [2.05, 4.69) is 0 Å². The van der Waals surface area contributed by atoms with E-state index < -0.39 is 6.10 Å². The molecule has 0 spiro atoms. The summed E-state index contributed by atoms with van der Waals surface area (Å²) >= 11 is 0. The van der Waals surface area contributed by atoms with Crippen LogP contribution in [0.3, 0.4) is 0 Å². The molecule has 1 aromatic heterocycles. The van der Waals surface area contributed by atoms with Gasteiger partial charge in [-0.2, -0.15) is 0 Å². The lowest BCUT2D eigenvalue weighted by molar-refractivity contribution is 0.188. The van der Waals surface area contributed by atoms with E-state index in [1.54, 1.807) is 6.92 Å². The lowest BCUT2D eigenvalue weighted by Crippen LogP contribution is -2.02. The molecule has 0 aliphatic rings. The minimum absolute atomic E-state index is 0.392. The molecule has 1 heterocycles. The number of aliphatic hydroxyl groups excluding tert-OH is 1. The first kappa shape index (κ1) is 11.0. The third-order valence-corrected chi connectivity index (χ3v) is 2.36. The Bertz CT molecular complexity index is 471. The first-order valence-corrected chi connectivity index (χ1v) is 5.53. The highest BCUT2D eigenvalue weighted by molar-refractivity contribution is 5.83. The lowest BCUT2D eigenvalue weighted by Gasteiger charge is -2.02. The third kappa shape index (κ3) is 2.19. The molecular weight excluding hydrogens is 204 g/mol. The molecule has 16 heavy (non-hydrogen) atoms. The summed E-state index contributed by atoms with van der Waals surface area (Å²) < 4.78 is 11.2. The van der Waals surface area contributed by atoms with Crippen LogP contribution in [0.15, 0.2) is 28.7 Å². The van der Waals surface area contributed by atoms with Gasteiger partial charge in [0, 0.05) is 11.8 Å². The van der Waals surface area contributed by atoms with E-state index in [0.29, 0.717) is 13.0 Å². The fraction of sp³-hybridized carbons (Fsp3) is 0.385. The zero-order valence-corrected chi connectivity index (χ0v) is 9.56. The Labute approximate surface area is 94.6 Å². The van der Waals surface area contributed by atoms with Gasteiger partial charge in [-0.3, -0.25) is 0 Å². The quantitative estimate of drug-likeness (QED) is 0.861. The first-order valence-electron chi connectivity index (χ1n) is 5.53. The first-order chi connectivity index (χ1) is 7.70. The van der Waals surface area contributed by atoms with E-state index in [4.69, 9.17) is 9.15 Å². The molecule has 3 heteroatoms. The van der Waals surface area contributed by atoms with Gasteiger partial charge < -0.3 is 14.3 Å². The average molecular weight is 220 g/mol. The third-order valence-electron chi connectivity index (χ3n) is 2.36. The molecule has 2 aromatic rings. The zero-order valence-electron chi connectivity index (χ0n) is 9.56. The summed E-state index contributed by atoms with van der Waals surface area (Å²) in [6.07, 6.45) is 0.136. The van der Waals surface area contributed by atoms with Gasteiger partial charge in [-0.1, -0.05) is 12.1 Å². The number of furan rings is 1. The number of benzene rings is 1. The molecule has 0 aliphatic heterocycles. The zero-order chi connectivity index (χ0) is 11.5. The van der Waals surface area contributed by atoms with Crippen LogP contribution >= 0.6 is 0 Å². The number of hydrogen-bond acceptors (Lipinski definition) is 3. The minimum Gasteiger partial charge on any atom is -0.490 e. The van der Waals surface area contributed by atoms with Gasteiger partial charge in [-0.25, -0.2) is 0 Å². The van der Waals surface area contributed by atoms with Gasteiger partial charge in [0.05, 0.1) is 12.7 Å². The summed E-state index contributed by atoms with van der Waals surface area (Å²) in [5, 5.41) is 10.3. The molecule has 0 saturated carbocycles. The van der Waals surface area contributed by atoms with Crippen LogP contribution in [0.2, 0.25) is 0 Å². The van der Waals surface area contributed by atoms with Crippen molar-refractivity contribution in [3.63, 3.8) is 0 Å². The van der Waals surface area contributed by atoms with Crippen molar-refractivity contribution in [3.05, 3.63) is 30.0 Å². The van der Waals surface area contributed by atoms with Crippen LogP contribution in [0.25, 0.3) is 11.0 Å². The van der Waals surface area contributed by atoms with Crippen LogP contribution < -0.4 is 4.74 Å². The molecule has 0 radical (unpaired) electrons. The second-order valence-electron chi connectivity index (χ2n) is 3.87. The largest absolute Gasteiger partial charge is 0.490 e. The second kappa shape index (κ2) is 4.58. The molecule has 0 bridgehead atoms. The van der Waals surface area contributed by atoms with Gasteiger partial charge in [0.15, 0.2) is 11.3 Å². The van der Waals surface area contributed by atoms with Crippen molar-refractivity contribution in [1.29, 1.82) is 0 Å². The standard InChI is InChI=1S/C13H16O3/c1-3-15-12-6-4-5-10-8-11(7-9(2)14)16-13(10)12/h4-6,8-9,14H,3,7H2,1-2H3. The maximum Gasteiger partial charge on any atom is 0.176 e. The maximum absolute atomic E-state index is 9.31. The Morgan fingerprint density at radius 1 is 1.44 bits per heavy atom. The summed E-state index contributed by atoms with van der Waals surface area (Å²) in [4.78, 5) is 0. The van der Waals surface area contributed by atoms with E-state index >= 15 is 0 Å². The summed E-state index contributed by atoms with van der Waals surface area (Å²) in [6.45, 7) is 4.31. The summed E-state index contributed by atoms with van der Waals surface area (Å²) in [6, 6.07) is 7.76. The molecule has 1 N–H and O–H groups in total. The Balaban J connectivity index is 2.40. The fourth-order valence-electron chi connectivity index (χ4n) is 1.75. The fourth-order valence-corrected chi connectivity index (χ4v) is 1.75. The van der Waals surface area contributed by atoms with Crippen molar-refractivity contribution < 1.29 is 14.3 Å². The van der Waals surface area contributed by atoms with Gasteiger partial charge in [-0.15, -0.1) is 0 Å². The van der Waals surface area contributed by atoms with E-state index in [0.717, 1.165) is 22.5 Å². The van der Waals surface area contributed by atoms with E-state index in [9.17, 15) is 5.11 Å². The minimum atomic E-state index is -0.392. The highest BCUT2D eigenvalue weighted by Crippen LogP contribution is 2.29. The SMILES string of the molecule is CCOc1cccc2cc(CC(C)O)oc12. The predicted molar refractivity (Wildman–Crippen MR) is 62.8 cm³/mol. The number of hydrogen-bond donors (Lipinski definition) is 1. The summed E-state index contributed by atoms with van der Waals surface area (Å²) in [7, 11) is 0. The van der Waals surface area contributed by atoms with Crippen LogP contribution in [0.5, 0.6) is 5.75 Å². The topological polar surface area (TPSA) is 42.6 Å². The van der Waals surface area contributed by atoms with Crippen molar-refractivity contribution in [3.8, 4) is 5.75 Å². The maximum atomic E-state index is 9.31. The number of aliphatic hydroxyl groups is 1. The molecule has 0 aliphatic carbocycles. The van der Waals surface area contributed by atoms with Crippen LogP contribution in [-0.2, 0) is 6.42 Å². The highest BCUT2D eigenvalue weighted by Gasteiger charge is 2.10. The van der Waals surface area contributed by atoms with Gasteiger partial charge in [-0.05, 0) is 26.0 Å². The van der Waals surface area contributed by atoms with Gasteiger partial charge in [0.2, 0.25) is 0 Å². The smallest absolute Gasteiger partial charge is 0.176 e. The molecule has 1 aromatic carbocycles. The van der Waals surface area contributed by atoms with Crippen molar-refractivity contribution in [2.45, 2.75) is 26.4 Å².